The first-order valence-electron chi connectivity index (χ1n) is 15.8. The molecule has 0 unspecified atom stereocenters. The lowest BCUT2D eigenvalue weighted by Crippen LogP contribution is -2.01. The molecule has 5 heteroatoms. The van der Waals surface area contributed by atoms with E-state index in [2.05, 4.69) is 137 Å². The van der Waals surface area contributed by atoms with E-state index < -0.39 is 0 Å². The first-order valence-corrected chi connectivity index (χ1v) is 17.4. The van der Waals surface area contributed by atoms with Gasteiger partial charge in [-0.1, -0.05) is 90.2 Å². The van der Waals surface area contributed by atoms with Gasteiger partial charge in [-0.2, -0.15) is 0 Å². The van der Waals surface area contributed by atoms with Crippen molar-refractivity contribution in [2.45, 2.75) is 12.8 Å². The Labute approximate surface area is 271 Å². The molecule has 4 aromatic heterocycles. The van der Waals surface area contributed by atoms with Crippen molar-refractivity contribution in [1.29, 1.82) is 0 Å². The van der Waals surface area contributed by atoms with Crippen LogP contribution in [0, 0.1) is 0 Å². The molecule has 0 amide bonds. The summed E-state index contributed by atoms with van der Waals surface area (Å²) in [6, 6.07) is 42.4. The Morgan fingerprint density at radius 3 is 2.39 bits per heavy atom. The third-order valence-corrected chi connectivity index (χ3v) is 12.0. The molecule has 11 rings (SSSR count). The van der Waals surface area contributed by atoms with Crippen molar-refractivity contribution >= 4 is 103 Å². The maximum atomic E-state index is 5.35. The lowest BCUT2D eigenvalue weighted by Gasteiger charge is -2.13. The Morgan fingerprint density at radius 1 is 0.587 bits per heavy atom. The first-order chi connectivity index (χ1) is 22.8. The van der Waals surface area contributed by atoms with E-state index in [1.54, 1.807) is 0 Å². The summed E-state index contributed by atoms with van der Waals surface area (Å²) in [5, 5.41) is 10.1. The van der Waals surface area contributed by atoms with Gasteiger partial charge in [-0.25, -0.2) is 4.98 Å². The van der Waals surface area contributed by atoms with Gasteiger partial charge in [0.2, 0.25) is 0 Å². The van der Waals surface area contributed by atoms with Crippen LogP contribution >= 0.6 is 22.7 Å². The zero-order chi connectivity index (χ0) is 29.9. The number of hydrogen-bond donors (Lipinski definition) is 0. The fourth-order valence-corrected chi connectivity index (χ4v) is 10.2. The Morgan fingerprint density at radius 2 is 1.43 bits per heavy atom. The molecule has 0 bridgehead atoms. The lowest BCUT2D eigenvalue weighted by molar-refractivity contribution is 0.968. The number of para-hydroxylation sites is 1. The van der Waals surface area contributed by atoms with Gasteiger partial charge in [0.15, 0.2) is 5.13 Å². The van der Waals surface area contributed by atoms with Crippen LogP contribution < -0.4 is 0 Å². The number of thiophene rings is 1. The number of allylic oxidation sites excluding steroid dienone is 1. The second-order valence-electron chi connectivity index (χ2n) is 12.3. The molecule has 1 aliphatic carbocycles. The highest BCUT2D eigenvalue weighted by Crippen LogP contribution is 2.44. The Kier molecular flexibility index (Phi) is 4.98. The third-order valence-electron chi connectivity index (χ3n) is 9.83. The minimum absolute atomic E-state index is 1.00. The summed E-state index contributed by atoms with van der Waals surface area (Å²) in [5.74, 6) is 0. The van der Waals surface area contributed by atoms with E-state index in [0.29, 0.717) is 0 Å². The molecular weight excluding hydrogens is 599 g/mol. The average molecular weight is 624 g/mol. The molecule has 0 aliphatic heterocycles. The molecule has 0 radical (unpaired) electrons. The molecular formula is C41H25N3S2. The van der Waals surface area contributed by atoms with Crippen LogP contribution in [-0.4, -0.2) is 14.1 Å². The number of rotatable bonds is 2. The molecule has 1 aliphatic rings. The summed E-state index contributed by atoms with van der Waals surface area (Å²) in [7, 11) is 0. The lowest BCUT2D eigenvalue weighted by atomic mass is 10.0. The van der Waals surface area contributed by atoms with Crippen LogP contribution in [0.2, 0.25) is 0 Å². The molecule has 6 aromatic carbocycles. The van der Waals surface area contributed by atoms with Crippen LogP contribution in [0.3, 0.4) is 0 Å². The van der Waals surface area contributed by atoms with Gasteiger partial charge in [0.1, 0.15) is 0 Å². The van der Waals surface area contributed by atoms with Gasteiger partial charge in [-0.15, -0.1) is 11.3 Å². The highest BCUT2D eigenvalue weighted by Gasteiger charge is 2.22. The zero-order valence-corrected chi connectivity index (χ0v) is 26.3. The monoisotopic (exact) mass is 623 g/mol. The summed E-state index contributed by atoms with van der Waals surface area (Å²) >= 11 is 3.67. The molecule has 0 spiro atoms. The van der Waals surface area contributed by atoms with Crippen LogP contribution in [-0.2, 0) is 6.42 Å². The second-order valence-corrected chi connectivity index (χ2v) is 14.3. The van der Waals surface area contributed by atoms with Gasteiger partial charge in [-0.3, -0.25) is 4.57 Å². The van der Waals surface area contributed by atoms with Crippen LogP contribution in [0.4, 0.5) is 0 Å². The van der Waals surface area contributed by atoms with Gasteiger partial charge in [0.05, 0.1) is 26.8 Å². The van der Waals surface area contributed by atoms with Crippen molar-refractivity contribution in [3.63, 3.8) is 0 Å². The maximum Gasteiger partial charge on any atom is 0.195 e. The molecule has 0 N–H and O–H groups in total. The maximum absolute atomic E-state index is 5.35. The number of benzene rings is 6. The number of thiazole rings is 1. The predicted molar refractivity (Wildman–Crippen MR) is 199 cm³/mol. The van der Waals surface area contributed by atoms with Gasteiger partial charge >= 0.3 is 0 Å². The van der Waals surface area contributed by atoms with Crippen LogP contribution in [0.5, 0.6) is 0 Å². The first kappa shape index (κ1) is 25.0. The van der Waals surface area contributed by atoms with E-state index in [9.17, 15) is 0 Å². The van der Waals surface area contributed by atoms with Crippen molar-refractivity contribution in [2.24, 2.45) is 0 Å². The molecule has 0 saturated heterocycles. The molecule has 0 fully saturated rings. The quantitative estimate of drug-likeness (QED) is 0.188. The Hall–Kier alpha value is -5.23. The topological polar surface area (TPSA) is 22.8 Å². The molecule has 46 heavy (non-hydrogen) atoms. The summed E-state index contributed by atoms with van der Waals surface area (Å²) < 4.78 is 8.77. The smallest absolute Gasteiger partial charge is 0.195 e. The predicted octanol–water partition coefficient (Wildman–Crippen LogP) is 11.8. The Balaban J connectivity index is 1.26. The van der Waals surface area contributed by atoms with E-state index in [1.165, 1.54) is 85.3 Å². The highest BCUT2D eigenvalue weighted by atomic mass is 32.1. The fourth-order valence-electron chi connectivity index (χ4n) is 7.86. The SMILES string of the molecule is C1=Cc2c(c3ccccc3n2-c2ccc3c4c5ccccc5ccc4n(-c4nc5ccc6sc7ccccc7c6c5s4)c3c2)CC1. The fraction of sp³-hybridized carbons (Fsp3) is 0.0488. The van der Waals surface area contributed by atoms with Gasteiger partial charge in [0.25, 0.3) is 0 Å². The van der Waals surface area contributed by atoms with E-state index >= 15 is 0 Å². The van der Waals surface area contributed by atoms with Gasteiger partial charge < -0.3 is 4.57 Å². The molecule has 10 aromatic rings. The van der Waals surface area contributed by atoms with Crippen molar-refractivity contribution in [3.8, 4) is 10.8 Å². The number of hydrogen-bond acceptors (Lipinski definition) is 3. The number of aromatic nitrogens is 3. The minimum Gasteiger partial charge on any atom is -0.310 e. The molecule has 216 valence electrons. The van der Waals surface area contributed by atoms with E-state index in [4.69, 9.17) is 4.98 Å². The van der Waals surface area contributed by atoms with Crippen molar-refractivity contribution < 1.29 is 0 Å². The molecule has 3 nitrogen and oxygen atoms in total. The van der Waals surface area contributed by atoms with Crippen molar-refractivity contribution in [3.05, 3.63) is 133 Å². The summed E-state index contributed by atoms with van der Waals surface area (Å²) in [6.07, 6.45) is 6.79. The van der Waals surface area contributed by atoms with Crippen molar-refractivity contribution in [1.82, 2.24) is 14.1 Å². The number of fused-ring (bicyclic) bond motifs is 13. The molecule has 4 heterocycles. The number of nitrogens with zero attached hydrogens (tertiary/aromatic N) is 3. The summed E-state index contributed by atoms with van der Waals surface area (Å²) in [5.41, 5.74) is 8.61. The largest absolute Gasteiger partial charge is 0.310 e. The summed E-state index contributed by atoms with van der Waals surface area (Å²) in [6.45, 7) is 0. The standard InChI is InChI=1S/C41H25N3S2/c1-2-10-26-24(9-1)17-21-34-38(26)29-19-18-25(43-32-14-6-3-11-27(32)28-12-4-7-15-33(28)43)23-35(29)44(34)41-42-31-20-22-37-39(40(31)46-41)30-13-5-8-16-36(30)45-37/h1-3,5-11,13-23H,4,12H2. The summed E-state index contributed by atoms with van der Waals surface area (Å²) in [4.78, 5) is 5.35. The van der Waals surface area contributed by atoms with E-state index in [1.807, 2.05) is 22.7 Å². The molecule has 0 saturated carbocycles. The second kappa shape index (κ2) is 9.16. The van der Waals surface area contributed by atoms with Crippen LogP contribution in [0.25, 0.3) is 90.8 Å². The molecule has 0 atom stereocenters. The highest BCUT2D eigenvalue weighted by molar-refractivity contribution is 7.28. The van der Waals surface area contributed by atoms with Gasteiger partial charge in [-0.05, 0) is 77.7 Å². The Bertz CT molecular complexity index is 2930. The van der Waals surface area contributed by atoms with E-state index in [0.717, 1.165) is 23.5 Å². The van der Waals surface area contributed by atoms with Gasteiger partial charge in [0, 0.05) is 47.7 Å². The normalized spacial score (nSPS) is 13.4. The average Bonchev–Trinajstić information content (AvgIpc) is 3.86. The van der Waals surface area contributed by atoms with E-state index in [-0.39, 0.29) is 0 Å². The zero-order valence-electron chi connectivity index (χ0n) is 24.7. The third kappa shape index (κ3) is 3.28. The van der Waals surface area contributed by atoms with Crippen LogP contribution in [0.15, 0.2) is 121 Å². The van der Waals surface area contributed by atoms with Crippen molar-refractivity contribution in [2.75, 3.05) is 0 Å². The number of aryl methyl sites for hydroxylation is 1. The minimum atomic E-state index is 1.00. The van der Waals surface area contributed by atoms with Crippen LogP contribution in [0.1, 0.15) is 17.7 Å².